The van der Waals surface area contributed by atoms with Gasteiger partial charge >= 0.3 is 0 Å². The van der Waals surface area contributed by atoms with Gasteiger partial charge in [-0.15, -0.1) is 11.3 Å². The van der Waals surface area contributed by atoms with Gasteiger partial charge in [0.1, 0.15) is 0 Å². The van der Waals surface area contributed by atoms with Gasteiger partial charge in [0.15, 0.2) is 0 Å². The first-order valence-corrected chi connectivity index (χ1v) is 20.5. The van der Waals surface area contributed by atoms with Crippen molar-refractivity contribution in [2.75, 3.05) is 0 Å². The van der Waals surface area contributed by atoms with E-state index in [0.29, 0.717) is 5.92 Å². The number of thiophene rings is 1. The lowest BCUT2D eigenvalue weighted by molar-refractivity contribution is 0.613. The molecule has 2 nitrogen and oxygen atoms in total. The maximum Gasteiger partial charge on any atom is 0.0727 e. The molecule has 3 aromatic heterocycles. The molecular weight excluding hydrogens is 697 g/mol. The molecule has 2 aliphatic carbocycles. The van der Waals surface area contributed by atoms with Crippen LogP contribution in [0, 0.1) is 0 Å². The molecule has 0 radical (unpaired) electrons. The molecule has 56 heavy (non-hydrogen) atoms. The summed E-state index contributed by atoms with van der Waals surface area (Å²) in [5, 5.41) is 3.97. The molecule has 12 rings (SSSR count). The minimum Gasteiger partial charge on any atom is -0.310 e. The fraction of sp³-hybridized carbons (Fsp3) is 0.0943. The molecule has 2 aliphatic rings. The van der Waals surface area contributed by atoms with Crippen LogP contribution in [0.15, 0.2) is 175 Å². The van der Waals surface area contributed by atoms with Gasteiger partial charge in [0.2, 0.25) is 0 Å². The third-order valence-corrected chi connectivity index (χ3v) is 14.0. The monoisotopic (exact) mass is 734 g/mol. The molecular formula is C53H38N2S. The van der Waals surface area contributed by atoms with E-state index in [1.165, 1.54) is 104 Å². The van der Waals surface area contributed by atoms with Gasteiger partial charge < -0.3 is 9.13 Å². The van der Waals surface area contributed by atoms with Crippen LogP contribution in [0.1, 0.15) is 42.1 Å². The van der Waals surface area contributed by atoms with Gasteiger partial charge in [0.05, 0.1) is 26.9 Å². The molecule has 0 bridgehead atoms. The summed E-state index contributed by atoms with van der Waals surface area (Å²) in [5.74, 6) is 0.387. The lowest BCUT2D eigenvalue weighted by Gasteiger charge is -2.28. The van der Waals surface area contributed by atoms with Crippen molar-refractivity contribution in [3.05, 3.63) is 198 Å². The molecule has 0 fully saturated rings. The first-order valence-electron chi connectivity index (χ1n) is 19.7. The summed E-state index contributed by atoms with van der Waals surface area (Å²) in [4.78, 5) is 0. The molecule has 0 aliphatic heterocycles. The minimum absolute atomic E-state index is 0.0639. The maximum atomic E-state index is 2.54. The lowest BCUT2D eigenvalue weighted by Crippen LogP contribution is -2.19. The predicted molar refractivity (Wildman–Crippen MR) is 238 cm³/mol. The van der Waals surface area contributed by atoms with E-state index in [9.17, 15) is 0 Å². The van der Waals surface area contributed by atoms with Crippen molar-refractivity contribution < 1.29 is 0 Å². The van der Waals surface area contributed by atoms with Gasteiger partial charge in [-0.2, -0.15) is 0 Å². The number of para-hydroxylation sites is 2. The molecule has 0 amide bonds. The fourth-order valence-corrected chi connectivity index (χ4v) is 11.3. The average molecular weight is 735 g/mol. The highest BCUT2D eigenvalue weighted by Crippen LogP contribution is 2.56. The largest absolute Gasteiger partial charge is 0.310 e. The Balaban J connectivity index is 0.967. The van der Waals surface area contributed by atoms with E-state index in [0.717, 1.165) is 6.42 Å². The minimum atomic E-state index is -0.0639. The molecule has 0 N–H and O–H groups in total. The molecule has 7 aromatic carbocycles. The Hall–Kier alpha value is -6.42. The van der Waals surface area contributed by atoms with E-state index in [1.807, 2.05) is 11.3 Å². The normalized spacial score (nSPS) is 15.7. The van der Waals surface area contributed by atoms with Gasteiger partial charge in [-0.25, -0.2) is 0 Å². The third-order valence-electron chi connectivity index (χ3n) is 12.8. The van der Waals surface area contributed by atoms with Crippen LogP contribution in [-0.4, -0.2) is 9.13 Å². The summed E-state index contributed by atoms with van der Waals surface area (Å²) in [6, 6.07) is 62.9. The molecule has 3 heteroatoms. The Morgan fingerprint density at radius 1 is 0.536 bits per heavy atom. The van der Waals surface area contributed by atoms with E-state index < -0.39 is 0 Å². The number of allylic oxidation sites excluding steroid dienone is 1. The molecule has 1 unspecified atom stereocenters. The smallest absolute Gasteiger partial charge is 0.0727 e. The Labute approximate surface area is 330 Å². The highest BCUT2D eigenvalue weighted by molar-refractivity contribution is 7.26. The number of rotatable bonds is 4. The molecule has 266 valence electrons. The Morgan fingerprint density at radius 2 is 1.16 bits per heavy atom. The van der Waals surface area contributed by atoms with Crippen LogP contribution in [-0.2, 0) is 11.8 Å². The molecule has 0 saturated heterocycles. The van der Waals surface area contributed by atoms with Crippen molar-refractivity contribution >= 4 is 59.5 Å². The third kappa shape index (κ3) is 4.49. The number of hydrogen-bond donors (Lipinski definition) is 0. The molecule has 1 atom stereocenters. The summed E-state index contributed by atoms with van der Waals surface area (Å²) in [6.07, 6.45) is 3.56. The maximum absolute atomic E-state index is 2.54. The zero-order valence-corrected chi connectivity index (χ0v) is 32.1. The van der Waals surface area contributed by atoms with Crippen molar-refractivity contribution in [3.63, 3.8) is 0 Å². The zero-order valence-electron chi connectivity index (χ0n) is 31.3. The quantitative estimate of drug-likeness (QED) is 0.170. The van der Waals surface area contributed by atoms with E-state index in [4.69, 9.17) is 0 Å². The first-order chi connectivity index (χ1) is 27.5. The standard InChI is InChI=1S/C53H38N2S/c1-53(2)45-30-36(33-13-5-3-6-14-33)23-27-39(45)42-31-43-40-17-9-11-19-47(40)54(49(43)32-46(42)53)38-25-21-34(22-26-38)35-24-28-48-44(29-35)52-51(41-18-10-12-20-50(41)56-52)55(48)37-15-7-4-8-16-37/h3-30,32,42H,31H2,1-2H3. The highest BCUT2D eigenvalue weighted by Gasteiger charge is 2.44. The first kappa shape index (κ1) is 31.9. The molecule has 0 saturated carbocycles. The number of aromatic nitrogens is 2. The van der Waals surface area contributed by atoms with Crippen molar-refractivity contribution in [2.45, 2.75) is 31.6 Å². The van der Waals surface area contributed by atoms with Crippen LogP contribution >= 0.6 is 11.3 Å². The molecule has 0 spiro atoms. The predicted octanol–water partition coefficient (Wildman–Crippen LogP) is 14.3. The average Bonchev–Trinajstić information content (AvgIpc) is 3.95. The van der Waals surface area contributed by atoms with Gasteiger partial charge in [-0.1, -0.05) is 135 Å². The van der Waals surface area contributed by atoms with Crippen LogP contribution in [0.2, 0.25) is 0 Å². The summed E-state index contributed by atoms with van der Waals surface area (Å²) in [6.45, 7) is 4.85. The second-order valence-corrected chi connectivity index (χ2v) is 17.1. The highest BCUT2D eigenvalue weighted by atomic mass is 32.1. The van der Waals surface area contributed by atoms with Crippen LogP contribution in [0.25, 0.3) is 81.8 Å². The SMILES string of the molecule is CC1(C)C2=Cc3c(c4ccccc4n3-c3ccc(-c4ccc5c(c4)c4sc6ccccc6c4n5-c4ccccc4)cc3)CC2c2ccc(-c3ccccc3)cc21. The van der Waals surface area contributed by atoms with Crippen molar-refractivity contribution in [3.8, 4) is 33.6 Å². The number of benzene rings is 7. The van der Waals surface area contributed by atoms with E-state index >= 15 is 0 Å². The molecule has 10 aromatic rings. The summed E-state index contributed by atoms with van der Waals surface area (Å²) in [5.41, 5.74) is 18.4. The Bertz CT molecular complexity index is 3230. The topological polar surface area (TPSA) is 9.86 Å². The summed E-state index contributed by atoms with van der Waals surface area (Å²) >= 11 is 1.90. The van der Waals surface area contributed by atoms with Gasteiger partial charge in [-0.3, -0.25) is 0 Å². The lowest BCUT2D eigenvalue weighted by atomic mass is 9.76. The van der Waals surface area contributed by atoms with Crippen LogP contribution < -0.4 is 0 Å². The van der Waals surface area contributed by atoms with Crippen molar-refractivity contribution in [1.82, 2.24) is 9.13 Å². The van der Waals surface area contributed by atoms with Gasteiger partial charge in [0.25, 0.3) is 0 Å². The zero-order chi connectivity index (χ0) is 37.1. The van der Waals surface area contributed by atoms with Gasteiger partial charge in [0, 0.05) is 43.6 Å². The van der Waals surface area contributed by atoms with Crippen molar-refractivity contribution in [1.29, 1.82) is 0 Å². The summed E-state index contributed by atoms with van der Waals surface area (Å²) in [7, 11) is 0. The van der Waals surface area contributed by atoms with Crippen molar-refractivity contribution in [2.24, 2.45) is 0 Å². The van der Waals surface area contributed by atoms with E-state index in [2.05, 4.69) is 199 Å². The van der Waals surface area contributed by atoms with Crippen LogP contribution in [0.5, 0.6) is 0 Å². The van der Waals surface area contributed by atoms with E-state index in [-0.39, 0.29) is 5.41 Å². The number of hydrogen-bond acceptors (Lipinski definition) is 1. The second kappa shape index (κ2) is 11.8. The second-order valence-electron chi connectivity index (χ2n) is 16.1. The number of fused-ring (bicyclic) bond motifs is 11. The Kier molecular flexibility index (Phi) is 6.71. The van der Waals surface area contributed by atoms with Crippen LogP contribution in [0.4, 0.5) is 0 Å². The van der Waals surface area contributed by atoms with E-state index in [1.54, 1.807) is 0 Å². The van der Waals surface area contributed by atoms with Crippen LogP contribution in [0.3, 0.4) is 0 Å². The number of nitrogens with zero attached hydrogens (tertiary/aromatic N) is 2. The Morgan fingerprint density at radius 3 is 1.98 bits per heavy atom. The fourth-order valence-electron chi connectivity index (χ4n) is 10.1. The molecule has 3 heterocycles. The van der Waals surface area contributed by atoms with Gasteiger partial charge in [-0.05, 0) is 106 Å². The summed E-state index contributed by atoms with van der Waals surface area (Å²) < 4.78 is 7.62.